The van der Waals surface area contributed by atoms with Crippen LogP contribution in [0.25, 0.3) is 0 Å². The third-order valence-corrected chi connectivity index (χ3v) is 4.06. The Labute approximate surface area is 170 Å². The Morgan fingerprint density at radius 3 is 2.62 bits per heavy atom. The molecule has 1 unspecified atom stereocenters. The number of alkyl halides is 3. The van der Waals surface area contributed by atoms with Crippen molar-refractivity contribution >= 4 is 24.0 Å². The van der Waals surface area contributed by atoms with Gasteiger partial charge in [-0.1, -0.05) is 12.1 Å². The van der Waals surface area contributed by atoms with Crippen LogP contribution in [-0.2, 0) is 15.7 Å². The van der Waals surface area contributed by atoms with Gasteiger partial charge in [0.15, 0.2) is 11.6 Å². The highest BCUT2D eigenvalue weighted by Crippen LogP contribution is 2.38. The molecule has 1 saturated heterocycles. The summed E-state index contributed by atoms with van der Waals surface area (Å²) in [6, 6.07) is 7.94. The number of hydrogen-bond donors (Lipinski definition) is 2. The van der Waals surface area contributed by atoms with Gasteiger partial charge in [-0.3, -0.25) is 4.79 Å². The van der Waals surface area contributed by atoms with E-state index in [2.05, 4.69) is 10.6 Å². The fourth-order valence-corrected chi connectivity index (χ4v) is 2.76. The van der Waals surface area contributed by atoms with Gasteiger partial charge in [0.1, 0.15) is 5.75 Å². The van der Waals surface area contributed by atoms with Gasteiger partial charge in [0.05, 0.1) is 18.8 Å². The van der Waals surface area contributed by atoms with Crippen molar-refractivity contribution in [3.63, 3.8) is 0 Å². The first-order valence-electron chi connectivity index (χ1n) is 8.57. The van der Waals surface area contributed by atoms with Crippen LogP contribution in [0.5, 0.6) is 11.5 Å². The SMILES string of the molecule is Cl.O=C(CC1COCCN1)Nc1ccc(Oc2ccccc2C(F)(F)F)c(F)c1. The number of carbonyl (C=O) groups excluding carboxylic acids is 1. The Kier molecular flexibility index (Phi) is 7.83. The van der Waals surface area contributed by atoms with E-state index >= 15 is 0 Å². The molecule has 1 aliphatic rings. The van der Waals surface area contributed by atoms with Crippen molar-refractivity contribution in [3.05, 3.63) is 53.8 Å². The fourth-order valence-electron chi connectivity index (χ4n) is 2.76. The van der Waals surface area contributed by atoms with E-state index in [1.807, 2.05) is 0 Å². The van der Waals surface area contributed by atoms with Crippen molar-refractivity contribution in [2.45, 2.75) is 18.6 Å². The molecule has 2 N–H and O–H groups in total. The number of anilines is 1. The van der Waals surface area contributed by atoms with Crippen LogP contribution in [-0.4, -0.2) is 31.7 Å². The normalized spacial score (nSPS) is 16.6. The number of morpholine rings is 1. The Morgan fingerprint density at radius 1 is 1.21 bits per heavy atom. The molecule has 1 amide bonds. The highest BCUT2D eigenvalue weighted by Gasteiger charge is 2.34. The first kappa shape index (κ1) is 22.9. The molecule has 5 nitrogen and oxygen atoms in total. The average Bonchev–Trinajstić information content (AvgIpc) is 2.64. The number of ether oxygens (including phenoxy) is 2. The van der Waals surface area contributed by atoms with Crippen LogP contribution in [0.1, 0.15) is 12.0 Å². The van der Waals surface area contributed by atoms with Gasteiger partial charge in [-0.25, -0.2) is 4.39 Å². The molecular weight excluding hydrogens is 416 g/mol. The third-order valence-electron chi connectivity index (χ3n) is 4.06. The van der Waals surface area contributed by atoms with Crippen LogP contribution in [0.3, 0.4) is 0 Å². The lowest BCUT2D eigenvalue weighted by Crippen LogP contribution is -2.43. The van der Waals surface area contributed by atoms with Crippen molar-refractivity contribution in [2.75, 3.05) is 25.1 Å². The van der Waals surface area contributed by atoms with E-state index in [1.54, 1.807) is 0 Å². The second kappa shape index (κ2) is 9.91. The molecule has 158 valence electrons. The molecule has 1 atom stereocenters. The zero-order valence-corrected chi connectivity index (χ0v) is 15.9. The van der Waals surface area contributed by atoms with Crippen LogP contribution >= 0.6 is 12.4 Å². The van der Waals surface area contributed by atoms with Gasteiger partial charge < -0.3 is 20.1 Å². The van der Waals surface area contributed by atoms with Gasteiger partial charge in [-0.05, 0) is 24.3 Å². The highest BCUT2D eigenvalue weighted by atomic mass is 35.5. The summed E-state index contributed by atoms with van der Waals surface area (Å²) in [6.07, 6.45) is -4.48. The second-order valence-corrected chi connectivity index (χ2v) is 6.22. The number of nitrogens with one attached hydrogen (secondary N) is 2. The lowest BCUT2D eigenvalue weighted by atomic mass is 10.2. The molecule has 1 aliphatic heterocycles. The largest absolute Gasteiger partial charge is 0.454 e. The topological polar surface area (TPSA) is 59.6 Å². The zero-order chi connectivity index (χ0) is 20.1. The predicted molar refractivity (Wildman–Crippen MR) is 101 cm³/mol. The molecule has 0 spiro atoms. The summed E-state index contributed by atoms with van der Waals surface area (Å²) in [5.74, 6) is -2.11. The summed E-state index contributed by atoms with van der Waals surface area (Å²) in [5, 5.41) is 5.68. The van der Waals surface area contributed by atoms with E-state index in [4.69, 9.17) is 9.47 Å². The molecule has 0 bridgehead atoms. The van der Waals surface area contributed by atoms with Crippen molar-refractivity contribution in [1.29, 1.82) is 0 Å². The summed E-state index contributed by atoms with van der Waals surface area (Å²) in [4.78, 5) is 12.0. The quantitative estimate of drug-likeness (QED) is 0.686. The summed E-state index contributed by atoms with van der Waals surface area (Å²) in [7, 11) is 0. The zero-order valence-electron chi connectivity index (χ0n) is 15.1. The molecule has 0 aromatic heterocycles. The Hall–Kier alpha value is -2.36. The number of hydrogen-bond acceptors (Lipinski definition) is 4. The maximum atomic E-state index is 14.3. The van der Waals surface area contributed by atoms with Gasteiger partial charge >= 0.3 is 6.18 Å². The highest BCUT2D eigenvalue weighted by molar-refractivity contribution is 5.91. The molecule has 10 heteroatoms. The Balaban J connectivity index is 0.00000300. The third kappa shape index (κ3) is 6.31. The lowest BCUT2D eigenvalue weighted by molar-refractivity contribution is -0.138. The Morgan fingerprint density at radius 2 is 1.97 bits per heavy atom. The number of halogens is 5. The van der Waals surface area contributed by atoms with Crippen molar-refractivity contribution in [1.82, 2.24) is 5.32 Å². The minimum absolute atomic E-state index is 0. The molecular formula is C19H19ClF4N2O3. The van der Waals surface area contributed by atoms with E-state index in [0.29, 0.717) is 19.8 Å². The minimum atomic E-state index is -4.63. The summed E-state index contributed by atoms with van der Waals surface area (Å²) in [6.45, 7) is 1.65. The molecule has 1 heterocycles. The molecule has 2 aromatic carbocycles. The Bertz CT molecular complexity index is 842. The summed E-state index contributed by atoms with van der Waals surface area (Å²) >= 11 is 0. The van der Waals surface area contributed by atoms with Crippen molar-refractivity contribution < 1.29 is 31.8 Å². The van der Waals surface area contributed by atoms with Crippen LogP contribution in [0.2, 0.25) is 0 Å². The molecule has 0 aliphatic carbocycles. The lowest BCUT2D eigenvalue weighted by Gasteiger charge is -2.23. The van der Waals surface area contributed by atoms with Gasteiger partial charge in [-0.2, -0.15) is 13.2 Å². The van der Waals surface area contributed by atoms with Crippen LogP contribution in [0.15, 0.2) is 42.5 Å². The maximum absolute atomic E-state index is 14.3. The second-order valence-electron chi connectivity index (χ2n) is 6.22. The molecule has 0 saturated carbocycles. The molecule has 1 fully saturated rings. The van der Waals surface area contributed by atoms with Gasteiger partial charge in [0.25, 0.3) is 0 Å². The number of rotatable bonds is 5. The van der Waals surface area contributed by atoms with Crippen LogP contribution in [0.4, 0.5) is 23.2 Å². The standard InChI is InChI=1S/C19H18F4N2O3.ClH/c20-15-9-12(25-18(26)10-13-11-27-8-7-24-13)5-6-17(15)28-16-4-2-1-3-14(16)19(21,22)23;/h1-6,9,13,24H,7-8,10-11H2,(H,25,26);1H. The monoisotopic (exact) mass is 434 g/mol. The molecule has 2 aromatic rings. The number of carbonyl (C=O) groups is 1. The first-order valence-corrected chi connectivity index (χ1v) is 8.57. The van der Waals surface area contributed by atoms with Gasteiger partial charge in [-0.15, -0.1) is 12.4 Å². The molecule has 3 rings (SSSR count). The van der Waals surface area contributed by atoms with E-state index in [9.17, 15) is 22.4 Å². The minimum Gasteiger partial charge on any atom is -0.454 e. The number of para-hydroxylation sites is 1. The van der Waals surface area contributed by atoms with E-state index in [1.165, 1.54) is 24.3 Å². The predicted octanol–water partition coefficient (Wildman–Crippen LogP) is 4.38. The fraction of sp³-hybridized carbons (Fsp3) is 0.316. The first-order chi connectivity index (χ1) is 13.3. The summed E-state index contributed by atoms with van der Waals surface area (Å²) < 4.78 is 63.7. The smallest absolute Gasteiger partial charge is 0.419 e. The van der Waals surface area contributed by atoms with Crippen molar-refractivity contribution in [2.24, 2.45) is 0 Å². The van der Waals surface area contributed by atoms with Crippen LogP contribution < -0.4 is 15.4 Å². The van der Waals surface area contributed by atoms with Gasteiger partial charge in [0, 0.05) is 30.8 Å². The van der Waals surface area contributed by atoms with E-state index in [0.717, 1.165) is 18.2 Å². The maximum Gasteiger partial charge on any atom is 0.419 e. The molecule has 0 radical (unpaired) electrons. The molecule has 29 heavy (non-hydrogen) atoms. The number of amides is 1. The van der Waals surface area contributed by atoms with Crippen LogP contribution in [0, 0.1) is 5.82 Å². The van der Waals surface area contributed by atoms with E-state index in [-0.39, 0.29) is 42.2 Å². The summed E-state index contributed by atoms with van der Waals surface area (Å²) in [5.41, 5.74) is -0.829. The van der Waals surface area contributed by atoms with Crippen molar-refractivity contribution in [3.8, 4) is 11.5 Å². The number of benzene rings is 2. The average molecular weight is 435 g/mol. The van der Waals surface area contributed by atoms with Gasteiger partial charge in [0.2, 0.25) is 5.91 Å². The van der Waals surface area contributed by atoms with E-state index < -0.39 is 23.3 Å².